The van der Waals surface area contributed by atoms with E-state index in [4.69, 9.17) is 9.47 Å². The van der Waals surface area contributed by atoms with Crippen molar-refractivity contribution in [3.8, 4) is 5.75 Å². The van der Waals surface area contributed by atoms with Gasteiger partial charge in [0, 0.05) is 6.42 Å². The molecule has 0 aliphatic heterocycles. The summed E-state index contributed by atoms with van der Waals surface area (Å²) in [6.07, 6.45) is 2.42. The Labute approximate surface area is 146 Å². The molecule has 25 heavy (non-hydrogen) atoms. The molecule has 0 radical (unpaired) electrons. The molecule has 0 spiro atoms. The fourth-order valence-electron chi connectivity index (χ4n) is 2.15. The van der Waals surface area contributed by atoms with Crippen molar-refractivity contribution >= 4 is 17.7 Å². The Morgan fingerprint density at radius 3 is 2.60 bits per heavy atom. The number of aromatic nitrogens is 3. The number of aryl methyl sites for hydroxylation is 1. The Hall–Kier alpha value is -2.90. The fourth-order valence-corrected chi connectivity index (χ4v) is 2.15. The third-order valence-electron chi connectivity index (χ3n) is 3.28. The normalized spacial score (nSPS) is 10.3. The summed E-state index contributed by atoms with van der Waals surface area (Å²) in [5.41, 5.74) is 1.05. The van der Waals surface area contributed by atoms with Crippen molar-refractivity contribution in [2.75, 3.05) is 18.5 Å². The first kappa shape index (κ1) is 18.4. The molecular weight excluding hydrogens is 324 g/mol. The van der Waals surface area contributed by atoms with E-state index in [1.165, 1.54) is 10.9 Å². The van der Waals surface area contributed by atoms with Crippen molar-refractivity contribution in [2.45, 2.75) is 33.2 Å². The minimum atomic E-state index is -0.402. The van der Waals surface area contributed by atoms with Gasteiger partial charge in [-0.25, -0.2) is 4.68 Å². The molecular formula is C17H22N4O4. The van der Waals surface area contributed by atoms with Gasteiger partial charge in [-0.05, 0) is 38.0 Å². The van der Waals surface area contributed by atoms with Crippen LogP contribution >= 0.6 is 0 Å². The predicted octanol–water partition coefficient (Wildman–Crippen LogP) is 1.81. The van der Waals surface area contributed by atoms with Crippen molar-refractivity contribution in [3.63, 3.8) is 0 Å². The van der Waals surface area contributed by atoms with Crippen LogP contribution in [-0.4, -0.2) is 40.1 Å². The second-order valence-electron chi connectivity index (χ2n) is 5.23. The van der Waals surface area contributed by atoms with Crippen LogP contribution in [0.2, 0.25) is 0 Å². The first-order valence-corrected chi connectivity index (χ1v) is 8.18. The van der Waals surface area contributed by atoms with Gasteiger partial charge in [-0.2, -0.15) is 0 Å². The van der Waals surface area contributed by atoms with Crippen LogP contribution in [0.15, 0.2) is 30.5 Å². The molecule has 134 valence electrons. The standard InChI is InChI=1S/C17H22N4O4/c1-3-24-14-8-5-13(6-9-14)7-10-16(22)18-15-11-21(20-19-15)12-17(23)25-4-2/h5-6,8-9,11H,3-4,7,10,12H2,1-2H3,(H,18,22). The van der Waals surface area contributed by atoms with Crippen molar-refractivity contribution in [1.29, 1.82) is 0 Å². The van der Waals surface area contributed by atoms with Gasteiger partial charge in [0.15, 0.2) is 5.82 Å². The highest BCUT2D eigenvalue weighted by atomic mass is 16.5. The van der Waals surface area contributed by atoms with Crippen LogP contribution in [0.5, 0.6) is 5.75 Å². The molecule has 0 unspecified atom stereocenters. The molecule has 1 aromatic carbocycles. The number of nitrogens with one attached hydrogen (secondary N) is 1. The molecule has 2 aromatic rings. The smallest absolute Gasteiger partial charge is 0.327 e. The Morgan fingerprint density at radius 2 is 1.92 bits per heavy atom. The van der Waals surface area contributed by atoms with Gasteiger partial charge in [0.1, 0.15) is 12.3 Å². The lowest BCUT2D eigenvalue weighted by atomic mass is 10.1. The summed E-state index contributed by atoms with van der Waals surface area (Å²) in [4.78, 5) is 23.3. The van der Waals surface area contributed by atoms with Crippen molar-refractivity contribution in [3.05, 3.63) is 36.0 Å². The first-order valence-electron chi connectivity index (χ1n) is 8.18. The monoisotopic (exact) mass is 346 g/mol. The number of amides is 1. The topological polar surface area (TPSA) is 95.3 Å². The summed E-state index contributed by atoms with van der Waals surface area (Å²) in [6, 6.07) is 7.65. The van der Waals surface area contributed by atoms with E-state index in [1.807, 2.05) is 31.2 Å². The Morgan fingerprint density at radius 1 is 1.16 bits per heavy atom. The number of anilines is 1. The molecule has 0 saturated heterocycles. The van der Waals surface area contributed by atoms with Crippen LogP contribution in [0, 0.1) is 0 Å². The number of benzene rings is 1. The van der Waals surface area contributed by atoms with Crippen molar-refractivity contribution in [1.82, 2.24) is 15.0 Å². The number of carbonyl (C=O) groups excluding carboxylic acids is 2. The van der Waals surface area contributed by atoms with Gasteiger partial charge < -0.3 is 14.8 Å². The molecule has 0 aliphatic carbocycles. The van der Waals surface area contributed by atoms with E-state index < -0.39 is 5.97 Å². The van der Waals surface area contributed by atoms with Gasteiger partial charge in [0.2, 0.25) is 5.91 Å². The Bertz CT molecular complexity index is 697. The molecule has 0 saturated carbocycles. The SMILES string of the molecule is CCOC(=O)Cn1cc(NC(=O)CCc2ccc(OCC)cc2)nn1. The number of rotatable bonds is 9. The molecule has 1 aromatic heterocycles. The van der Waals surface area contributed by atoms with Crippen LogP contribution in [0.4, 0.5) is 5.82 Å². The number of nitrogens with zero attached hydrogens (tertiary/aromatic N) is 3. The third-order valence-corrected chi connectivity index (χ3v) is 3.28. The summed E-state index contributed by atoms with van der Waals surface area (Å²) in [6.45, 7) is 4.56. The zero-order valence-electron chi connectivity index (χ0n) is 14.4. The van der Waals surface area contributed by atoms with E-state index in [0.717, 1.165) is 11.3 Å². The van der Waals surface area contributed by atoms with E-state index in [0.29, 0.717) is 31.9 Å². The number of ether oxygens (including phenoxy) is 2. The van der Waals surface area contributed by atoms with Crippen molar-refractivity contribution < 1.29 is 19.1 Å². The number of esters is 1. The maximum absolute atomic E-state index is 12.0. The molecule has 1 N–H and O–H groups in total. The van der Waals surface area contributed by atoms with Crippen LogP contribution in [0.1, 0.15) is 25.8 Å². The second-order valence-corrected chi connectivity index (χ2v) is 5.23. The molecule has 1 heterocycles. The lowest BCUT2D eigenvalue weighted by Gasteiger charge is -2.05. The summed E-state index contributed by atoms with van der Waals surface area (Å²) in [7, 11) is 0. The summed E-state index contributed by atoms with van der Waals surface area (Å²) < 4.78 is 11.5. The lowest BCUT2D eigenvalue weighted by molar-refractivity contribution is -0.144. The van der Waals surface area contributed by atoms with E-state index in [1.54, 1.807) is 6.92 Å². The number of hydrogen-bond donors (Lipinski definition) is 1. The largest absolute Gasteiger partial charge is 0.494 e. The van der Waals surface area contributed by atoms with Crippen LogP contribution in [0.25, 0.3) is 0 Å². The number of hydrogen-bond acceptors (Lipinski definition) is 6. The second kappa shape index (κ2) is 9.41. The average molecular weight is 346 g/mol. The van der Waals surface area contributed by atoms with E-state index in [9.17, 15) is 9.59 Å². The Balaban J connectivity index is 1.78. The maximum Gasteiger partial charge on any atom is 0.327 e. The molecule has 2 rings (SSSR count). The van der Waals surface area contributed by atoms with E-state index in [2.05, 4.69) is 15.6 Å². The maximum atomic E-state index is 12.0. The zero-order chi connectivity index (χ0) is 18.1. The molecule has 0 atom stereocenters. The average Bonchev–Trinajstić information content (AvgIpc) is 3.01. The fraction of sp³-hybridized carbons (Fsp3) is 0.412. The Kier molecular flexibility index (Phi) is 6.94. The number of carbonyl (C=O) groups is 2. The highest BCUT2D eigenvalue weighted by Crippen LogP contribution is 2.13. The van der Waals surface area contributed by atoms with Gasteiger partial charge >= 0.3 is 5.97 Å². The van der Waals surface area contributed by atoms with Crippen LogP contribution in [-0.2, 0) is 27.3 Å². The van der Waals surface area contributed by atoms with Crippen LogP contribution in [0.3, 0.4) is 0 Å². The van der Waals surface area contributed by atoms with Gasteiger partial charge in [-0.1, -0.05) is 17.3 Å². The summed E-state index contributed by atoms with van der Waals surface area (Å²) >= 11 is 0. The van der Waals surface area contributed by atoms with Gasteiger partial charge in [-0.15, -0.1) is 5.10 Å². The molecule has 0 bridgehead atoms. The van der Waals surface area contributed by atoms with Crippen molar-refractivity contribution in [2.24, 2.45) is 0 Å². The summed E-state index contributed by atoms with van der Waals surface area (Å²) in [5, 5.41) is 10.2. The van der Waals surface area contributed by atoms with Gasteiger partial charge in [-0.3, -0.25) is 9.59 Å². The molecule has 8 heteroatoms. The van der Waals surface area contributed by atoms with E-state index in [-0.39, 0.29) is 12.5 Å². The van der Waals surface area contributed by atoms with E-state index >= 15 is 0 Å². The lowest BCUT2D eigenvalue weighted by Crippen LogP contribution is -2.14. The quantitative estimate of drug-likeness (QED) is 0.696. The highest BCUT2D eigenvalue weighted by molar-refractivity contribution is 5.89. The molecule has 0 aliphatic rings. The molecule has 8 nitrogen and oxygen atoms in total. The highest BCUT2D eigenvalue weighted by Gasteiger charge is 2.09. The predicted molar refractivity (Wildman–Crippen MR) is 91.2 cm³/mol. The molecule has 0 fully saturated rings. The third kappa shape index (κ3) is 6.25. The van der Waals surface area contributed by atoms with Gasteiger partial charge in [0.25, 0.3) is 0 Å². The molecule has 1 amide bonds. The summed E-state index contributed by atoms with van der Waals surface area (Å²) in [5.74, 6) is 0.549. The minimum Gasteiger partial charge on any atom is -0.494 e. The first-order chi connectivity index (χ1) is 12.1. The van der Waals surface area contributed by atoms with Crippen LogP contribution < -0.4 is 10.1 Å². The zero-order valence-corrected chi connectivity index (χ0v) is 14.4. The van der Waals surface area contributed by atoms with Gasteiger partial charge in [0.05, 0.1) is 19.4 Å². The minimum absolute atomic E-state index is 0.0388.